The maximum Gasteiger partial charge on any atom is 0.339 e. The van der Waals surface area contributed by atoms with E-state index in [0.717, 1.165) is 11.1 Å². The van der Waals surface area contributed by atoms with E-state index < -0.39 is 48.1 Å². The van der Waals surface area contributed by atoms with E-state index in [1.165, 1.54) is 48.5 Å². The lowest BCUT2D eigenvalue weighted by molar-refractivity contribution is 0.0704. The Balaban J connectivity index is 1.58. The Morgan fingerprint density at radius 1 is 0.392 bits per heavy atom. The van der Waals surface area contributed by atoms with Gasteiger partial charge in [-0.15, -0.1) is 0 Å². The molecule has 0 aliphatic carbocycles. The summed E-state index contributed by atoms with van der Waals surface area (Å²) in [5.41, 5.74) is -3.01. The number of hydrogen-bond acceptors (Lipinski definition) is 10. The molecule has 0 radical (unpaired) electrons. The van der Waals surface area contributed by atoms with Gasteiger partial charge in [-0.3, -0.25) is 0 Å². The first-order valence-electron chi connectivity index (χ1n) is 16.3. The Morgan fingerprint density at radius 2 is 0.627 bits per heavy atom. The first kappa shape index (κ1) is 40.0. The lowest BCUT2D eigenvalue weighted by atomic mass is 9.78. The van der Waals surface area contributed by atoms with Crippen molar-refractivity contribution in [2.24, 2.45) is 0 Å². The van der Waals surface area contributed by atoms with Crippen LogP contribution < -0.4 is 8.37 Å². The molecule has 4 N–H and O–H groups in total. The predicted octanol–water partition coefficient (Wildman–Crippen LogP) is 6.46. The zero-order chi connectivity index (χ0) is 38.6. The van der Waals surface area contributed by atoms with Gasteiger partial charge in [0, 0.05) is 5.41 Å². The molecule has 0 saturated carbocycles. The van der Waals surface area contributed by atoms with Crippen LogP contribution in [0.15, 0.2) is 94.7 Å². The minimum Gasteiger partial charge on any atom is -0.386 e. The highest BCUT2D eigenvalue weighted by Gasteiger charge is 2.29. The van der Waals surface area contributed by atoms with Crippen LogP contribution in [0.5, 0.6) is 11.5 Å². The molecule has 4 aromatic carbocycles. The van der Waals surface area contributed by atoms with E-state index in [0.29, 0.717) is 22.3 Å². The fourth-order valence-electron chi connectivity index (χ4n) is 5.30. The Labute approximate surface area is 301 Å². The van der Waals surface area contributed by atoms with Gasteiger partial charge in [-0.2, -0.15) is 16.8 Å². The average Bonchev–Trinajstić information content (AvgIpc) is 2.98. The minimum absolute atomic E-state index is 0.0576. The number of rotatable bonds is 12. The molecule has 0 saturated heterocycles. The third-order valence-corrected chi connectivity index (χ3v) is 11.3. The lowest BCUT2D eigenvalue weighted by Gasteiger charge is -2.27. The molecule has 4 rings (SSSR count). The summed E-state index contributed by atoms with van der Waals surface area (Å²) in [4.78, 5) is -0.221. The molecule has 0 aliphatic rings. The molecule has 12 heteroatoms. The Bertz CT molecular complexity index is 1890. The molecule has 0 spiro atoms. The molecule has 0 aromatic heterocycles. The van der Waals surface area contributed by atoms with Crippen LogP contribution in [0, 0.1) is 0 Å². The van der Waals surface area contributed by atoms with E-state index in [9.17, 15) is 37.3 Å². The summed E-state index contributed by atoms with van der Waals surface area (Å²) in [6.07, 6.45) is 0. The number of benzene rings is 4. The summed E-state index contributed by atoms with van der Waals surface area (Å²) in [6, 6.07) is 21.1. The van der Waals surface area contributed by atoms with Gasteiger partial charge in [0.1, 0.15) is 21.3 Å². The Morgan fingerprint density at radius 3 is 0.843 bits per heavy atom. The zero-order valence-corrected chi connectivity index (χ0v) is 32.3. The van der Waals surface area contributed by atoms with Gasteiger partial charge in [0.05, 0.1) is 22.4 Å². The summed E-state index contributed by atoms with van der Waals surface area (Å²) >= 11 is 0. The Hall–Kier alpha value is -3.78. The third-order valence-electron chi connectivity index (χ3n) is 8.78. The van der Waals surface area contributed by atoms with Crippen molar-refractivity contribution >= 4 is 20.2 Å². The van der Waals surface area contributed by atoms with Crippen molar-refractivity contribution in [3.63, 3.8) is 0 Å². The van der Waals surface area contributed by atoms with Gasteiger partial charge >= 0.3 is 20.2 Å². The topological polar surface area (TPSA) is 168 Å². The molecule has 10 nitrogen and oxygen atoms in total. The molecule has 0 heterocycles. The lowest BCUT2D eigenvalue weighted by Crippen LogP contribution is -2.21. The first-order chi connectivity index (χ1) is 23.0. The van der Waals surface area contributed by atoms with Gasteiger partial charge < -0.3 is 28.8 Å². The van der Waals surface area contributed by atoms with Crippen LogP contribution in [0.4, 0.5) is 0 Å². The van der Waals surface area contributed by atoms with Gasteiger partial charge in [0.25, 0.3) is 0 Å². The van der Waals surface area contributed by atoms with E-state index in [1.54, 1.807) is 91.8 Å². The van der Waals surface area contributed by atoms with Crippen LogP contribution in [-0.4, -0.2) is 37.3 Å². The molecule has 4 aromatic rings. The quantitative estimate of drug-likeness (QED) is 0.118. The average molecular weight is 741 g/mol. The van der Waals surface area contributed by atoms with Crippen LogP contribution in [0.1, 0.15) is 103 Å². The largest absolute Gasteiger partial charge is 0.386 e. The molecular weight excluding hydrogens is 693 g/mol. The SMILES string of the molecule is CC(C)(O)c1cc(OS(=O)(=O)c2ccc(C(C)(C)c3ccc(S(=O)(=O)Oc4cc(C(C)(C)O)cc(C(C)(C)O)c4)cc3)cc2)cc(C(C)(C)O)c1. The molecule has 0 fully saturated rings. The summed E-state index contributed by atoms with van der Waals surface area (Å²) < 4.78 is 64.2. The van der Waals surface area contributed by atoms with Crippen molar-refractivity contribution in [2.45, 2.75) is 107 Å². The second-order valence-electron chi connectivity index (χ2n) is 15.5. The predicted molar refractivity (Wildman–Crippen MR) is 195 cm³/mol. The fourth-order valence-corrected chi connectivity index (χ4v) is 7.13. The normalized spacial score (nSPS) is 13.6. The van der Waals surface area contributed by atoms with Gasteiger partial charge in [0.2, 0.25) is 0 Å². The molecule has 51 heavy (non-hydrogen) atoms. The molecule has 276 valence electrons. The standard InChI is InChI=1S/C39H48O10S2/c1-35(2,25-11-15-33(16-12-25)50(44,45)48-31-21-27(36(3,4)40)19-28(22-31)37(5,6)41)26-13-17-34(18-14-26)51(46,47)49-32-23-29(38(7,8)42)20-30(24-32)39(9,10)43/h11-24,40-43H,1-10H3. The summed E-state index contributed by atoms with van der Waals surface area (Å²) in [5.74, 6) is -0.115. The van der Waals surface area contributed by atoms with Crippen LogP contribution >= 0.6 is 0 Å². The van der Waals surface area contributed by atoms with Crippen molar-refractivity contribution in [1.82, 2.24) is 0 Å². The highest BCUT2D eigenvalue weighted by molar-refractivity contribution is 7.87. The van der Waals surface area contributed by atoms with E-state index in [2.05, 4.69) is 0 Å². The van der Waals surface area contributed by atoms with Crippen molar-refractivity contribution in [3.05, 3.63) is 118 Å². The molecule has 0 atom stereocenters. The van der Waals surface area contributed by atoms with Gasteiger partial charge in [0.15, 0.2) is 0 Å². The summed E-state index contributed by atoms with van der Waals surface area (Å²) in [6.45, 7) is 16.2. The second kappa shape index (κ2) is 13.3. The highest BCUT2D eigenvalue weighted by Crippen LogP contribution is 2.36. The van der Waals surface area contributed by atoms with Gasteiger partial charge in [-0.1, -0.05) is 38.1 Å². The van der Waals surface area contributed by atoms with E-state index in [1.807, 2.05) is 13.8 Å². The molecule has 0 unspecified atom stereocenters. The zero-order valence-electron chi connectivity index (χ0n) is 30.6. The number of hydrogen-bond donors (Lipinski definition) is 4. The van der Waals surface area contributed by atoms with Crippen LogP contribution in [-0.2, 0) is 48.1 Å². The van der Waals surface area contributed by atoms with Crippen molar-refractivity contribution < 1.29 is 45.6 Å². The van der Waals surface area contributed by atoms with Crippen molar-refractivity contribution in [1.29, 1.82) is 0 Å². The maximum absolute atomic E-state index is 13.3. The van der Waals surface area contributed by atoms with Crippen molar-refractivity contribution in [2.75, 3.05) is 0 Å². The smallest absolute Gasteiger partial charge is 0.339 e. The molecule has 0 bridgehead atoms. The first-order valence-corrected chi connectivity index (χ1v) is 19.1. The van der Waals surface area contributed by atoms with Crippen molar-refractivity contribution in [3.8, 4) is 11.5 Å². The van der Waals surface area contributed by atoms with Crippen LogP contribution in [0.2, 0.25) is 0 Å². The molecule has 0 amide bonds. The van der Waals surface area contributed by atoms with E-state index in [4.69, 9.17) is 8.37 Å². The van der Waals surface area contributed by atoms with Crippen LogP contribution in [0.25, 0.3) is 0 Å². The molecule has 0 aliphatic heterocycles. The second-order valence-corrected chi connectivity index (χ2v) is 18.6. The monoisotopic (exact) mass is 740 g/mol. The van der Waals surface area contributed by atoms with E-state index >= 15 is 0 Å². The highest BCUT2D eigenvalue weighted by atomic mass is 32.2. The Kier molecular flexibility index (Phi) is 10.5. The minimum atomic E-state index is -4.31. The molecular formula is C39H48O10S2. The summed E-state index contributed by atoms with van der Waals surface area (Å²) in [7, 11) is -8.61. The van der Waals surface area contributed by atoms with Gasteiger partial charge in [-0.05, 0) is 149 Å². The summed E-state index contributed by atoms with van der Waals surface area (Å²) in [5, 5.41) is 42.3. The van der Waals surface area contributed by atoms with Gasteiger partial charge in [-0.25, -0.2) is 0 Å². The fraction of sp³-hybridized carbons (Fsp3) is 0.385. The number of aliphatic hydroxyl groups is 4. The van der Waals surface area contributed by atoms with E-state index in [-0.39, 0.29) is 21.3 Å². The van der Waals surface area contributed by atoms with Crippen LogP contribution in [0.3, 0.4) is 0 Å². The maximum atomic E-state index is 13.3. The third kappa shape index (κ3) is 9.37.